The van der Waals surface area contributed by atoms with Crippen LogP contribution in [0.25, 0.3) is 0 Å². The fourth-order valence-electron chi connectivity index (χ4n) is 2.12. The Morgan fingerprint density at radius 2 is 1.85 bits per heavy atom. The van der Waals surface area contributed by atoms with Crippen molar-refractivity contribution in [3.8, 4) is 5.75 Å². The summed E-state index contributed by atoms with van der Waals surface area (Å²) in [6.07, 6.45) is 0. The molecule has 0 saturated heterocycles. The van der Waals surface area contributed by atoms with Crippen LogP contribution in [0.4, 0.5) is 11.4 Å². The fraction of sp³-hybridized carbons (Fsp3) is 0.118. The third kappa shape index (κ3) is 4.78. The summed E-state index contributed by atoms with van der Waals surface area (Å²) in [4.78, 5) is 45.8. The molecule has 27 heavy (non-hydrogen) atoms. The second-order valence-corrected chi connectivity index (χ2v) is 5.18. The standard InChI is InChI=1S/C17H15N3O7/c1-26-14-5-3-2-4-12(14)16(22)19-15(21)9-27-17(23)11-7-6-10(20(24)25)8-13(11)18/h2-8H,9,18H2,1H3,(H,19,21,22). The van der Waals surface area contributed by atoms with Gasteiger partial charge in [-0.2, -0.15) is 0 Å². The number of amides is 2. The predicted octanol–water partition coefficient (Wildman–Crippen LogP) is 1.30. The van der Waals surface area contributed by atoms with Crippen LogP contribution in [0.3, 0.4) is 0 Å². The van der Waals surface area contributed by atoms with Crippen molar-refractivity contribution in [1.82, 2.24) is 5.32 Å². The summed E-state index contributed by atoms with van der Waals surface area (Å²) in [6, 6.07) is 9.47. The highest BCUT2D eigenvalue weighted by atomic mass is 16.6. The Balaban J connectivity index is 1.96. The highest BCUT2D eigenvalue weighted by Gasteiger charge is 2.19. The molecule has 0 atom stereocenters. The minimum absolute atomic E-state index is 0.135. The number of nitrogens with one attached hydrogen (secondary N) is 1. The molecule has 140 valence electrons. The normalized spacial score (nSPS) is 9.96. The molecule has 0 saturated carbocycles. The van der Waals surface area contributed by atoms with Gasteiger partial charge in [-0.15, -0.1) is 0 Å². The van der Waals surface area contributed by atoms with Crippen LogP contribution in [0.1, 0.15) is 20.7 Å². The van der Waals surface area contributed by atoms with E-state index in [2.05, 4.69) is 5.32 Å². The molecule has 2 aromatic carbocycles. The Morgan fingerprint density at radius 1 is 1.15 bits per heavy atom. The first-order chi connectivity index (χ1) is 12.8. The monoisotopic (exact) mass is 373 g/mol. The van der Waals surface area contributed by atoms with E-state index in [4.69, 9.17) is 15.2 Å². The highest BCUT2D eigenvalue weighted by Crippen LogP contribution is 2.20. The largest absolute Gasteiger partial charge is 0.496 e. The van der Waals surface area contributed by atoms with Gasteiger partial charge in [0.2, 0.25) is 0 Å². The molecule has 0 bridgehead atoms. The Labute approximate surface area is 153 Å². The lowest BCUT2D eigenvalue weighted by Crippen LogP contribution is -2.34. The van der Waals surface area contributed by atoms with E-state index in [9.17, 15) is 24.5 Å². The van der Waals surface area contributed by atoms with Gasteiger partial charge in [0, 0.05) is 12.1 Å². The lowest BCUT2D eigenvalue weighted by atomic mass is 10.1. The van der Waals surface area contributed by atoms with Crippen LogP contribution in [-0.4, -0.2) is 36.4 Å². The number of nitrogens with zero attached hydrogens (tertiary/aromatic N) is 1. The first-order valence-electron chi connectivity index (χ1n) is 7.51. The van der Waals surface area contributed by atoms with Crippen LogP contribution in [-0.2, 0) is 9.53 Å². The number of nitro groups is 1. The molecule has 0 aliphatic heterocycles. The molecule has 0 spiro atoms. The maximum absolute atomic E-state index is 12.1. The van der Waals surface area contributed by atoms with Crippen molar-refractivity contribution in [2.45, 2.75) is 0 Å². The molecule has 0 aromatic heterocycles. The first kappa shape index (κ1) is 19.4. The molecule has 0 radical (unpaired) electrons. The number of benzene rings is 2. The summed E-state index contributed by atoms with van der Waals surface area (Å²) < 4.78 is 9.80. The zero-order valence-electron chi connectivity index (χ0n) is 14.1. The lowest BCUT2D eigenvalue weighted by Gasteiger charge is -2.09. The van der Waals surface area contributed by atoms with E-state index in [-0.39, 0.29) is 28.3 Å². The number of methoxy groups -OCH3 is 1. The highest BCUT2D eigenvalue weighted by molar-refractivity contribution is 6.07. The number of nitro benzene ring substituents is 1. The molecule has 0 fully saturated rings. The maximum atomic E-state index is 12.1. The van der Waals surface area contributed by atoms with E-state index >= 15 is 0 Å². The smallest absolute Gasteiger partial charge is 0.340 e. The molecule has 2 amide bonds. The van der Waals surface area contributed by atoms with Crippen LogP contribution in [0.5, 0.6) is 5.75 Å². The van der Waals surface area contributed by atoms with E-state index in [1.54, 1.807) is 18.2 Å². The van der Waals surface area contributed by atoms with Crippen molar-refractivity contribution in [2.75, 3.05) is 19.5 Å². The third-order valence-electron chi connectivity index (χ3n) is 3.40. The van der Waals surface area contributed by atoms with Crippen LogP contribution in [0, 0.1) is 10.1 Å². The number of carbonyl (C=O) groups excluding carboxylic acids is 3. The third-order valence-corrected chi connectivity index (χ3v) is 3.40. The summed E-state index contributed by atoms with van der Waals surface area (Å²) in [7, 11) is 1.38. The second-order valence-electron chi connectivity index (χ2n) is 5.18. The van der Waals surface area contributed by atoms with Gasteiger partial charge in [0.1, 0.15) is 5.75 Å². The van der Waals surface area contributed by atoms with Crippen LogP contribution >= 0.6 is 0 Å². The van der Waals surface area contributed by atoms with Gasteiger partial charge in [0.25, 0.3) is 17.5 Å². The Morgan fingerprint density at radius 3 is 2.48 bits per heavy atom. The first-order valence-corrected chi connectivity index (χ1v) is 7.51. The molecule has 0 unspecified atom stereocenters. The number of imide groups is 1. The molecule has 10 nitrogen and oxygen atoms in total. The Hall–Kier alpha value is -3.95. The van der Waals surface area contributed by atoms with Gasteiger partial charge in [-0.05, 0) is 18.2 Å². The Kier molecular flexibility index (Phi) is 6.05. The van der Waals surface area contributed by atoms with Crippen molar-refractivity contribution in [3.63, 3.8) is 0 Å². The molecule has 10 heteroatoms. The van der Waals surface area contributed by atoms with Gasteiger partial charge in [-0.1, -0.05) is 12.1 Å². The molecular formula is C17H15N3O7. The summed E-state index contributed by atoms with van der Waals surface area (Å²) in [6.45, 7) is -0.740. The van der Waals surface area contributed by atoms with Crippen LogP contribution in [0.15, 0.2) is 42.5 Å². The summed E-state index contributed by atoms with van der Waals surface area (Å²) >= 11 is 0. The van der Waals surface area contributed by atoms with Gasteiger partial charge in [0.05, 0.1) is 28.8 Å². The van der Waals surface area contributed by atoms with Crippen molar-refractivity contribution >= 4 is 29.2 Å². The molecule has 0 heterocycles. The predicted molar refractivity (Wildman–Crippen MR) is 93.3 cm³/mol. The summed E-state index contributed by atoms with van der Waals surface area (Å²) in [5.41, 5.74) is 5.13. The van der Waals surface area contributed by atoms with E-state index in [1.165, 1.54) is 13.2 Å². The quantitative estimate of drug-likeness (QED) is 0.333. The number of non-ortho nitro benzene ring substituents is 1. The molecule has 0 aliphatic carbocycles. The number of hydrogen-bond donors (Lipinski definition) is 2. The van der Waals surface area contributed by atoms with Crippen molar-refractivity contribution < 1.29 is 28.8 Å². The van der Waals surface area contributed by atoms with E-state index in [1.807, 2.05) is 0 Å². The number of ether oxygens (including phenoxy) is 2. The number of carbonyl (C=O) groups is 3. The number of nitrogen functional groups attached to an aromatic ring is 1. The molecule has 0 aliphatic rings. The van der Waals surface area contributed by atoms with Crippen molar-refractivity contribution in [2.24, 2.45) is 0 Å². The Bertz CT molecular complexity index is 911. The fourth-order valence-corrected chi connectivity index (χ4v) is 2.12. The molecule has 2 aromatic rings. The average Bonchev–Trinajstić information content (AvgIpc) is 2.65. The maximum Gasteiger partial charge on any atom is 0.340 e. The summed E-state index contributed by atoms with van der Waals surface area (Å²) in [5, 5.41) is 12.7. The van der Waals surface area contributed by atoms with E-state index in [0.717, 1.165) is 18.2 Å². The van der Waals surface area contributed by atoms with Gasteiger partial charge in [0.15, 0.2) is 6.61 Å². The van der Waals surface area contributed by atoms with Gasteiger partial charge >= 0.3 is 5.97 Å². The minimum Gasteiger partial charge on any atom is -0.496 e. The molecule has 2 rings (SSSR count). The molecule has 3 N–H and O–H groups in total. The van der Waals surface area contributed by atoms with E-state index < -0.39 is 29.3 Å². The summed E-state index contributed by atoms with van der Waals surface area (Å²) in [5.74, 6) is -2.26. The lowest BCUT2D eigenvalue weighted by molar-refractivity contribution is -0.384. The van der Waals surface area contributed by atoms with Crippen LogP contribution in [0.2, 0.25) is 0 Å². The zero-order chi connectivity index (χ0) is 20.0. The number of para-hydroxylation sites is 1. The minimum atomic E-state index is -0.956. The van der Waals surface area contributed by atoms with Gasteiger partial charge in [-0.25, -0.2) is 4.79 Å². The van der Waals surface area contributed by atoms with Crippen LogP contribution < -0.4 is 15.8 Å². The second kappa shape index (κ2) is 8.43. The average molecular weight is 373 g/mol. The topological polar surface area (TPSA) is 151 Å². The number of hydrogen-bond acceptors (Lipinski definition) is 8. The SMILES string of the molecule is COc1ccccc1C(=O)NC(=O)COC(=O)c1ccc([N+](=O)[O-])cc1N. The van der Waals surface area contributed by atoms with Gasteiger partial charge in [-0.3, -0.25) is 25.0 Å². The number of esters is 1. The zero-order valence-corrected chi connectivity index (χ0v) is 14.1. The number of anilines is 1. The number of rotatable bonds is 6. The van der Waals surface area contributed by atoms with Crippen molar-refractivity contribution in [3.05, 3.63) is 63.7 Å². The molecular weight excluding hydrogens is 358 g/mol. The van der Waals surface area contributed by atoms with E-state index in [0.29, 0.717) is 0 Å². The number of nitrogens with two attached hydrogens (primary N) is 1. The van der Waals surface area contributed by atoms with Gasteiger partial charge < -0.3 is 15.2 Å². The van der Waals surface area contributed by atoms with Crippen molar-refractivity contribution in [1.29, 1.82) is 0 Å².